The Morgan fingerprint density at radius 1 is 1.10 bits per heavy atom. The fourth-order valence-corrected chi connectivity index (χ4v) is 5.29. The number of ether oxygens (including phenoxy) is 1. The molecule has 0 saturated heterocycles. The summed E-state index contributed by atoms with van der Waals surface area (Å²) in [5.41, 5.74) is 0. The zero-order chi connectivity index (χ0) is 16.3. The first-order chi connectivity index (χ1) is 9.92. The Balaban J connectivity index is 4.83. The minimum Gasteiger partial charge on any atom is -0.496 e. The van der Waals surface area contributed by atoms with Gasteiger partial charge in [0.1, 0.15) is 0 Å². The molecule has 0 fully saturated rings. The van der Waals surface area contributed by atoms with E-state index in [4.69, 9.17) is 9.16 Å². The summed E-state index contributed by atoms with van der Waals surface area (Å²) in [7, 11) is -1.60. The molecule has 0 aliphatic heterocycles. The summed E-state index contributed by atoms with van der Waals surface area (Å²) in [5.74, 6) is 0.836. The van der Waals surface area contributed by atoms with Crippen LogP contribution in [0.15, 0.2) is 24.5 Å². The quantitative estimate of drug-likeness (QED) is 0.248. The van der Waals surface area contributed by atoms with Crippen LogP contribution in [0.3, 0.4) is 0 Å². The molecule has 0 spiro atoms. The van der Waals surface area contributed by atoms with Gasteiger partial charge in [-0.2, -0.15) is 0 Å². The molecule has 0 saturated carbocycles. The van der Waals surface area contributed by atoms with Crippen molar-refractivity contribution in [1.82, 2.24) is 0 Å². The molecule has 0 N–H and O–H groups in total. The van der Waals surface area contributed by atoms with Crippen LogP contribution in [0.4, 0.5) is 0 Å². The minimum absolute atomic E-state index is 0.120. The van der Waals surface area contributed by atoms with Crippen molar-refractivity contribution in [3.8, 4) is 0 Å². The first-order valence-electron chi connectivity index (χ1n) is 8.61. The van der Waals surface area contributed by atoms with Gasteiger partial charge < -0.3 is 9.16 Å². The average molecular weight is 313 g/mol. The van der Waals surface area contributed by atoms with Crippen LogP contribution in [0.5, 0.6) is 0 Å². The van der Waals surface area contributed by atoms with Crippen LogP contribution in [0.25, 0.3) is 0 Å². The lowest BCUT2D eigenvalue weighted by molar-refractivity contribution is 0.120. The predicted molar refractivity (Wildman–Crippen MR) is 96.1 cm³/mol. The Labute approximate surface area is 133 Å². The highest BCUT2D eigenvalue weighted by Crippen LogP contribution is 2.26. The van der Waals surface area contributed by atoms with Crippen LogP contribution in [-0.2, 0) is 9.16 Å². The van der Waals surface area contributed by atoms with Crippen LogP contribution < -0.4 is 0 Å². The van der Waals surface area contributed by atoms with Crippen LogP contribution in [0.1, 0.15) is 60.8 Å². The first kappa shape index (κ1) is 20.5. The van der Waals surface area contributed by atoms with Gasteiger partial charge in [0.25, 0.3) is 0 Å². The SMILES string of the molecule is C=C(CC(/C=C/CCC)O[Si](CC)(CC)CC)OC(C)C. The summed E-state index contributed by atoms with van der Waals surface area (Å²) in [6, 6.07) is 3.53. The lowest BCUT2D eigenvalue weighted by Gasteiger charge is -2.32. The van der Waals surface area contributed by atoms with Gasteiger partial charge in [0.15, 0.2) is 8.32 Å². The summed E-state index contributed by atoms with van der Waals surface area (Å²) in [5, 5.41) is 0. The molecule has 0 rings (SSSR count). The molecule has 0 radical (unpaired) electrons. The molecule has 0 aromatic rings. The third kappa shape index (κ3) is 8.47. The second kappa shape index (κ2) is 11.1. The van der Waals surface area contributed by atoms with Gasteiger partial charge in [-0.25, -0.2) is 0 Å². The van der Waals surface area contributed by atoms with Crippen molar-refractivity contribution in [1.29, 1.82) is 0 Å². The van der Waals surface area contributed by atoms with Crippen molar-refractivity contribution in [2.75, 3.05) is 0 Å². The standard InChI is InChI=1S/C18H36O2Si/c1-8-12-13-14-18(15-17(7)19-16(5)6)20-21(9-2,10-3)11-4/h13-14,16,18H,7-12,15H2,1-6H3/b14-13+. The molecule has 3 heteroatoms. The van der Waals surface area contributed by atoms with Crippen molar-refractivity contribution in [2.45, 2.75) is 91.1 Å². The molecule has 0 amide bonds. The van der Waals surface area contributed by atoms with Crippen LogP contribution in [0.2, 0.25) is 18.1 Å². The molecule has 0 bridgehead atoms. The van der Waals surface area contributed by atoms with E-state index in [2.05, 4.69) is 46.4 Å². The van der Waals surface area contributed by atoms with Crippen molar-refractivity contribution in [2.24, 2.45) is 0 Å². The molecular formula is C18H36O2Si. The number of hydrogen-bond donors (Lipinski definition) is 0. The van der Waals surface area contributed by atoms with E-state index in [1.54, 1.807) is 0 Å². The van der Waals surface area contributed by atoms with E-state index in [0.29, 0.717) is 0 Å². The van der Waals surface area contributed by atoms with Crippen molar-refractivity contribution in [3.63, 3.8) is 0 Å². The van der Waals surface area contributed by atoms with Gasteiger partial charge in [-0.15, -0.1) is 0 Å². The molecule has 0 aliphatic rings. The molecular weight excluding hydrogens is 276 g/mol. The molecule has 0 aromatic carbocycles. The second-order valence-electron chi connectivity index (χ2n) is 6.03. The Hall–Kier alpha value is -0.543. The van der Waals surface area contributed by atoms with Crippen LogP contribution in [-0.4, -0.2) is 20.5 Å². The van der Waals surface area contributed by atoms with Crippen LogP contribution >= 0.6 is 0 Å². The number of allylic oxidation sites excluding steroid dienone is 1. The normalized spacial score (nSPS) is 13.9. The average Bonchev–Trinajstić information content (AvgIpc) is 2.44. The largest absolute Gasteiger partial charge is 0.496 e. The van der Waals surface area contributed by atoms with E-state index >= 15 is 0 Å². The van der Waals surface area contributed by atoms with Crippen molar-refractivity contribution >= 4 is 8.32 Å². The van der Waals surface area contributed by atoms with Gasteiger partial charge in [-0.05, 0) is 38.4 Å². The van der Waals surface area contributed by atoms with E-state index in [1.807, 2.05) is 13.8 Å². The van der Waals surface area contributed by atoms with Crippen LogP contribution in [0, 0.1) is 0 Å². The highest BCUT2D eigenvalue weighted by atomic mass is 28.4. The van der Waals surface area contributed by atoms with Gasteiger partial charge in [0, 0.05) is 6.42 Å². The third-order valence-corrected chi connectivity index (χ3v) is 8.64. The summed E-state index contributed by atoms with van der Waals surface area (Å²) >= 11 is 0. The van der Waals surface area contributed by atoms with E-state index in [-0.39, 0.29) is 12.2 Å². The lowest BCUT2D eigenvalue weighted by Crippen LogP contribution is -2.39. The van der Waals surface area contributed by atoms with Gasteiger partial charge in [0.2, 0.25) is 0 Å². The van der Waals surface area contributed by atoms with Gasteiger partial charge in [-0.3, -0.25) is 0 Å². The number of rotatable bonds is 12. The zero-order valence-electron chi connectivity index (χ0n) is 15.1. The minimum atomic E-state index is -1.60. The fraction of sp³-hybridized carbons (Fsp3) is 0.778. The second-order valence-corrected chi connectivity index (χ2v) is 10.7. The summed E-state index contributed by atoms with van der Waals surface area (Å²) < 4.78 is 12.3. The molecule has 124 valence electrons. The van der Waals surface area contributed by atoms with Gasteiger partial charge in [-0.1, -0.05) is 52.8 Å². The lowest BCUT2D eigenvalue weighted by atomic mass is 10.2. The highest BCUT2D eigenvalue weighted by Gasteiger charge is 2.31. The smallest absolute Gasteiger partial charge is 0.192 e. The van der Waals surface area contributed by atoms with E-state index in [9.17, 15) is 0 Å². The molecule has 21 heavy (non-hydrogen) atoms. The predicted octanol–water partition coefficient (Wildman–Crippen LogP) is 6.06. The molecule has 0 heterocycles. The summed E-state index contributed by atoms with van der Waals surface area (Å²) in [6.07, 6.45) is 7.82. The fourth-order valence-electron chi connectivity index (χ4n) is 2.49. The highest BCUT2D eigenvalue weighted by molar-refractivity contribution is 6.73. The third-order valence-electron chi connectivity index (χ3n) is 3.97. The van der Waals surface area contributed by atoms with E-state index in [1.165, 1.54) is 24.6 Å². The maximum Gasteiger partial charge on any atom is 0.192 e. The van der Waals surface area contributed by atoms with Crippen molar-refractivity contribution < 1.29 is 9.16 Å². The maximum absolute atomic E-state index is 6.60. The molecule has 0 aliphatic carbocycles. The summed E-state index contributed by atoms with van der Waals surface area (Å²) in [4.78, 5) is 0. The van der Waals surface area contributed by atoms with Gasteiger partial charge >= 0.3 is 0 Å². The van der Waals surface area contributed by atoms with Gasteiger partial charge in [0.05, 0.1) is 18.0 Å². The summed E-state index contributed by atoms with van der Waals surface area (Å²) in [6.45, 7) is 17.1. The Morgan fingerprint density at radius 2 is 1.67 bits per heavy atom. The number of hydrogen-bond acceptors (Lipinski definition) is 2. The molecule has 0 aromatic heterocycles. The van der Waals surface area contributed by atoms with Crippen molar-refractivity contribution in [3.05, 3.63) is 24.5 Å². The van der Waals surface area contributed by atoms with E-state index < -0.39 is 8.32 Å². The molecule has 1 unspecified atom stereocenters. The monoisotopic (exact) mass is 312 g/mol. The maximum atomic E-state index is 6.60. The zero-order valence-corrected chi connectivity index (χ0v) is 16.1. The van der Waals surface area contributed by atoms with E-state index in [0.717, 1.165) is 18.6 Å². The Bertz CT molecular complexity index is 298. The Morgan fingerprint density at radius 3 is 2.10 bits per heavy atom. The number of unbranched alkanes of at least 4 members (excludes halogenated alkanes) is 1. The Kier molecular flexibility index (Phi) is 10.8. The topological polar surface area (TPSA) is 18.5 Å². The molecule has 2 nitrogen and oxygen atoms in total. The first-order valence-corrected chi connectivity index (χ1v) is 11.1. The molecule has 1 atom stereocenters.